The molecule has 1 N–H and O–H groups in total. The molecule has 0 aliphatic carbocycles. The van der Waals surface area contributed by atoms with Gasteiger partial charge in [0.15, 0.2) is 0 Å². The normalized spacial score (nSPS) is 15.6. The Hall–Kier alpha value is -1.79. The summed E-state index contributed by atoms with van der Waals surface area (Å²) in [4.78, 5) is 6.53. The van der Waals surface area contributed by atoms with Crippen LogP contribution in [0.1, 0.15) is 17.2 Å². The number of hydrogen-bond donors (Lipinski definition) is 1. The minimum Gasteiger partial charge on any atom is -0.489 e. The van der Waals surface area contributed by atoms with Gasteiger partial charge in [-0.1, -0.05) is 35.9 Å². The van der Waals surface area contributed by atoms with Gasteiger partial charge in [0.25, 0.3) is 0 Å². The number of nitrogens with zero attached hydrogens (tertiary/aromatic N) is 2. The van der Waals surface area contributed by atoms with E-state index in [4.69, 9.17) is 32.7 Å². The molecule has 1 aliphatic rings. The van der Waals surface area contributed by atoms with E-state index < -0.39 is 6.10 Å². The van der Waals surface area contributed by atoms with Gasteiger partial charge in [-0.2, -0.15) is 0 Å². The molecule has 1 aromatic heterocycles. The molecule has 2 heterocycles. The van der Waals surface area contributed by atoms with E-state index >= 15 is 0 Å². The van der Waals surface area contributed by atoms with Crippen LogP contribution in [-0.2, 0) is 4.74 Å². The number of aliphatic hydroxyl groups excluding tert-OH is 1. The smallest absolute Gasteiger partial charge is 0.129 e. The van der Waals surface area contributed by atoms with Crippen LogP contribution in [0.4, 0.5) is 5.82 Å². The molecule has 1 atom stereocenters. The first-order valence-electron chi connectivity index (χ1n) is 8.30. The Morgan fingerprint density at radius 3 is 2.81 bits per heavy atom. The molecule has 1 fully saturated rings. The van der Waals surface area contributed by atoms with E-state index in [9.17, 15) is 5.11 Å². The highest BCUT2D eigenvalue weighted by Crippen LogP contribution is 2.40. The van der Waals surface area contributed by atoms with Gasteiger partial charge < -0.3 is 19.5 Å². The topological polar surface area (TPSA) is 54.8 Å². The van der Waals surface area contributed by atoms with E-state index in [2.05, 4.69) is 16.5 Å². The minimum atomic E-state index is -0.996. The summed E-state index contributed by atoms with van der Waals surface area (Å²) >= 11 is 12.5. The Bertz CT molecular complexity index is 779. The largest absolute Gasteiger partial charge is 0.489 e. The zero-order valence-electron chi connectivity index (χ0n) is 14.2. The molecule has 0 amide bonds. The fraction of sp³-hybridized carbons (Fsp3) is 0.316. The van der Waals surface area contributed by atoms with Gasteiger partial charge >= 0.3 is 0 Å². The number of aromatic nitrogens is 1. The molecule has 0 spiro atoms. The number of rotatable bonds is 6. The van der Waals surface area contributed by atoms with Crippen LogP contribution in [0.25, 0.3) is 0 Å². The van der Waals surface area contributed by atoms with E-state index in [0.29, 0.717) is 41.7 Å². The fourth-order valence-electron chi connectivity index (χ4n) is 2.81. The van der Waals surface area contributed by atoms with Crippen LogP contribution >= 0.6 is 23.2 Å². The third-order valence-electron chi connectivity index (χ3n) is 4.14. The summed E-state index contributed by atoms with van der Waals surface area (Å²) in [6.45, 7) is 6.79. The third-order valence-corrected chi connectivity index (χ3v) is 4.96. The second kappa shape index (κ2) is 8.73. The number of benzene rings is 1. The molecule has 138 valence electrons. The van der Waals surface area contributed by atoms with Crippen molar-refractivity contribution in [2.24, 2.45) is 0 Å². The van der Waals surface area contributed by atoms with Crippen LogP contribution in [0, 0.1) is 0 Å². The number of pyridine rings is 1. The molecule has 0 radical (unpaired) electrons. The zero-order valence-corrected chi connectivity index (χ0v) is 15.7. The molecule has 1 saturated heterocycles. The standard InChI is InChI=1S/C19H20Cl2N2O3/c1-2-9-26-15-4-3-14(20)18(21)17(15)19(24)13-5-6-22-16(12-13)23-7-10-25-11-8-23/h2-6,12,19,24H,1,7-11H2. The molecule has 26 heavy (non-hydrogen) atoms. The number of morpholine rings is 1. The molecule has 1 unspecified atom stereocenters. The van der Waals surface area contributed by atoms with Gasteiger partial charge in [0.1, 0.15) is 24.3 Å². The lowest BCUT2D eigenvalue weighted by Crippen LogP contribution is -2.36. The highest BCUT2D eigenvalue weighted by Gasteiger charge is 2.23. The first-order valence-corrected chi connectivity index (χ1v) is 9.05. The van der Waals surface area contributed by atoms with Crippen LogP contribution in [0.2, 0.25) is 10.0 Å². The van der Waals surface area contributed by atoms with Gasteiger partial charge in [-0.15, -0.1) is 0 Å². The average Bonchev–Trinajstić information content (AvgIpc) is 2.69. The first-order chi connectivity index (χ1) is 12.6. The third kappa shape index (κ3) is 4.13. The van der Waals surface area contributed by atoms with E-state index in [1.807, 2.05) is 6.07 Å². The molecule has 3 rings (SSSR count). The predicted molar refractivity (Wildman–Crippen MR) is 103 cm³/mol. The van der Waals surface area contributed by atoms with E-state index in [0.717, 1.165) is 18.9 Å². The number of aliphatic hydroxyl groups is 1. The molecular weight excluding hydrogens is 375 g/mol. The van der Waals surface area contributed by atoms with E-state index in [1.165, 1.54) is 0 Å². The van der Waals surface area contributed by atoms with Gasteiger partial charge in [-0.05, 0) is 29.8 Å². The molecule has 0 saturated carbocycles. The maximum absolute atomic E-state index is 11.0. The summed E-state index contributed by atoms with van der Waals surface area (Å²) in [6, 6.07) is 6.94. The average molecular weight is 395 g/mol. The molecule has 7 heteroatoms. The quantitative estimate of drug-likeness (QED) is 0.753. The predicted octanol–water partition coefficient (Wildman–Crippen LogP) is 3.87. The van der Waals surface area contributed by atoms with Crippen molar-refractivity contribution in [1.29, 1.82) is 0 Å². The Morgan fingerprint density at radius 1 is 1.31 bits per heavy atom. The fourth-order valence-corrected chi connectivity index (χ4v) is 3.24. The van der Waals surface area contributed by atoms with Crippen molar-refractivity contribution in [2.45, 2.75) is 6.10 Å². The number of halogens is 2. The summed E-state index contributed by atoms with van der Waals surface area (Å²) in [5.41, 5.74) is 1.09. The first kappa shape index (κ1) is 19.0. The zero-order chi connectivity index (χ0) is 18.5. The Kier molecular flexibility index (Phi) is 6.38. The highest BCUT2D eigenvalue weighted by atomic mass is 35.5. The van der Waals surface area contributed by atoms with Crippen molar-refractivity contribution >= 4 is 29.0 Å². The Labute approximate surface area is 162 Å². The summed E-state index contributed by atoms with van der Waals surface area (Å²) in [5.74, 6) is 1.26. The maximum atomic E-state index is 11.0. The van der Waals surface area contributed by atoms with Crippen molar-refractivity contribution in [3.05, 3.63) is 64.3 Å². The van der Waals surface area contributed by atoms with E-state index in [1.54, 1.807) is 30.5 Å². The van der Waals surface area contributed by atoms with Gasteiger partial charge in [0.05, 0.1) is 23.3 Å². The number of ether oxygens (including phenoxy) is 2. The molecule has 1 aromatic carbocycles. The monoisotopic (exact) mass is 394 g/mol. The van der Waals surface area contributed by atoms with Gasteiger partial charge in [0, 0.05) is 24.8 Å². The molecule has 0 bridgehead atoms. The van der Waals surface area contributed by atoms with Crippen molar-refractivity contribution in [3.8, 4) is 5.75 Å². The lowest BCUT2D eigenvalue weighted by molar-refractivity contribution is 0.122. The lowest BCUT2D eigenvalue weighted by atomic mass is 10.0. The number of anilines is 1. The van der Waals surface area contributed by atoms with Gasteiger partial charge in [-0.3, -0.25) is 0 Å². The van der Waals surface area contributed by atoms with Crippen LogP contribution in [-0.4, -0.2) is 43.0 Å². The van der Waals surface area contributed by atoms with Gasteiger partial charge in [-0.25, -0.2) is 4.98 Å². The van der Waals surface area contributed by atoms with Crippen molar-refractivity contribution in [3.63, 3.8) is 0 Å². The summed E-state index contributed by atoms with van der Waals surface area (Å²) in [6.07, 6.45) is 2.30. The van der Waals surface area contributed by atoms with Crippen LogP contribution in [0.15, 0.2) is 43.1 Å². The second-order valence-electron chi connectivity index (χ2n) is 5.82. The van der Waals surface area contributed by atoms with Crippen molar-refractivity contribution in [2.75, 3.05) is 37.8 Å². The molecule has 2 aromatic rings. The molecule has 1 aliphatic heterocycles. The van der Waals surface area contributed by atoms with Crippen LogP contribution in [0.5, 0.6) is 5.75 Å². The SMILES string of the molecule is C=CCOc1ccc(Cl)c(Cl)c1C(O)c1ccnc(N2CCOCC2)c1. The van der Waals surface area contributed by atoms with Crippen molar-refractivity contribution in [1.82, 2.24) is 4.98 Å². The highest BCUT2D eigenvalue weighted by molar-refractivity contribution is 6.42. The van der Waals surface area contributed by atoms with Crippen LogP contribution in [0.3, 0.4) is 0 Å². The van der Waals surface area contributed by atoms with Gasteiger partial charge in [0.2, 0.25) is 0 Å². The van der Waals surface area contributed by atoms with Crippen molar-refractivity contribution < 1.29 is 14.6 Å². The summed E-state index contributed by atoms with van der Waals surface area (Å²) in [5, 5.41) is 11.6. The number of hydrogen-bond acceptors (Lipinski definition) is 5. The van der Waals surface area contributed by atoms with Crippen LogP contribution < -0.4 is 9.64 Å². The maximum Gasteiger partial charge on any atom is 0.129 e. The second-order valence-corrected chi connectivity index (χ2v) is 6.61. The lowest BCUT2D eigenvalue weighted by Gasteiger charge is -2.28. The summed E-state index contributed by atoms with van der Waals surface area (Å²) in [7, 11) is 0. The van der Waals surface area contributed by atoms with E-state index in [-0.39, 0.29) is 5.02 Å². The Balaban J connectivity index is 1.95. The summed E-state index contributed by atoms with van der Waals surface area (Å²) < 4.78 is 11.0. The molecular formula is C19H20Cl2N2O3. The molecule has 5 nitrogen and oxygen atoms in total. The Morgan fingerprint density at radius 2 is 2.08 bits per heavy atom. The minimum absolute atomic E-state index is 0.269.